The summed E-state index contributed by atoms with van der Waals surface area (Å²) >= 11 is 4.84. The summed E-state index contributed by atoms with van der Waals surface area (Å²) in [5.41, 5.74) is 4.06. The highest BCUT2D eigenvalue weighted by molar-refractivity contribution is 7.78. The molecule has 0 spiro atoms. The summed E-state index contributed by atoms with van der Waals surface area (Å²) in [7, 11) is 0. The number of unbranched alkanes of at least 4 members (excludes halogenated alkanes) is 3. The number of benzene rings is 1. The maximum atomic E-state index is 4.84. The van der Waals surface area contributed by atoms with Gasteiger partial charge >= 0.3 is 0 Å². The number of thiocarbonyl (C=S) groups is 1. The number of aryl methyl sites for hydroxylation is 1. The third-order valence-corrected chi connectivity index (χ3v) is 4.74. The highest BCUT2D eigenvalue weighted by atomic mass is 32.1. The maximum absolute atomic E-state index is 4.84. The van der Waals surface area contributed by atoms with Crippen molar-refractivity contribution < 1.29 is 0 Å². The molecule has 1 aromatic carbocycles. The van der Waals surface area contributed by atoms with Gasteiger partial charge < -0.3 is 0 Å². The predicted octanol–water partition coefficient (Wildman–Crippen LogP) is 6.59. The van der Waals surface area contributed by atoms with Crippen molar-refractivity contribution in [2.45, 2.75) is 77.0 Å². The molecule has 0 heterocycles. The summed E-state index contributed by atoms with van der Waals surface area (Å²) in [6, 6.07) is 6.55. The number of nitrogens with zero attached hydrogens (tertiary/aromatic N) is 1. The first-order valence-electron chi connectivity index (χ1n) is 8.56. The number of rotatable bonds is 7. The molecule has 1 saturated carbocycles. The van der Waals surface area contributed by atoms with Crippen molar-refractivity contribution in [3.8, 4) is 0 Å². The van der Waals surface area contributed by atoms with Gasteiger partial charge in [-0.3, -0.25) is 0 Å². The molecular weight excluding hydrogens is 274 g/mol. The van der Waals surface area contributed by atoms with E-state index in [4.69, 9.17) is 12.2 Å². The van der Waals surface area contributed by atoms with Gasteiger partial charge in [0.15, 0.2) is 0 Å². The normalized spacial score (nSPS) is 15.7. The molecule has 21 heavy (non-hydrogen) atoms. The molecule has 0 radical (unpaired) electrons. The van der Waals surface area contributed by atoms with Crippen LogP contribution in [0, 0.1) is 0 Å². The zero-order valence-electron chi connectivity index (χ0n) is 13.2. The number of aliphatic imine (C=N–C) groups is 1. The van der Waals surface area contributed by atoms with Gasteiger partial charge in [-0.05, 0) is 61.0 Å². The molecule has 2 rings (SSSR count). The Morgan fingerprint density at radius 3 is 2.67 bits per heavy atom. The van der Waals surface area contributed by atoms with Crippen molar-refractivity contribution in [2.75, 3.05) is 0 Å². The van der Waals surface area contributed by atoms with Gasteiger partial charge in [-0.2, -0.15) is 4.99 Å². The Kier molecular flexibility index (Phi) is 7.12. The lowest BCUT2D eigenvalue weighted by atomic mass is 9.80. The van der Waals surface area contributed by atoms with E-state index in [2.05, 4.69) is 35.3 Å². The summed E-state index contributed by atoms with van der Waals surface area (Å²) < 4.78 is 0. The van der Waals surface area contributed by atoms with Crippen LogP contribution in [-0.4, -0.2) is 5.16 Å². The second-order valence-electron chi connectivity index (χ2n) is 6.20. The lowest BCUT2D eigenvalue weighted by molar-refractivity contribution is 0.441. The molecule has 1 aliphatic rings. The SMILES string of the molecule is CCCCCCc1cccc(N=C=S)c1C1CCCCC1. The minimum absolute atomic E-state index is 0.684. The smallest absolute Gasteiger partial charge is 0.0777 e. The fourth-order valence-corrected chi connectivity index (χ4v) is 3.67. The summed E-state index contributed by atoms with van der Waals surface area (Å²) in [5.74, 6) is 0.684. The van der Waals surface area contributed by atoms with Gasteiger partial charge in [-0.1, -0.05) is 57.6 Å². The first-order valence-corrected chi connectivity index (χ1v) is 8.97. The Labute approximate surface area is 134 Å². The third kappa shape index (κ3) is 4.76. The van der Waals surface area contributed by atoms with Crippen LogP contribution in [0.2, 0.25) is 0 Å². The van der Waals surface area contributed by atoms with Crippen LogP contribution >= 0.6 is 12.2 Å². The van der Waals surface area contributed by atoms with Gasteiger partial charge in [-0.15, -0.1) is 0 Å². The summed E-state index contributed by atoms with van der Waals surface area (Å²) in [6.07, 6.45) is 13.2. The number of isothiocyanates is 1. The molecule has 0 bridgehead atoms. The van der Waals surface area contributed by atoms with Crippen LogP contribution in [0.4, 0.5) is 5.69 Å². The molecule has 0 aromatic heterocycles. The zero-order valence-corrected chi connectivity index (χ0v) is 14.1. The van der Waals surface area contributed by atoms with E-state index in [9.17, 15) is 0 Å². The number of hydrogen-bond donors (Lipinski definition) is 0. The fourth-order valence-electron chi connectivity index (χ4n) is 3.57. The lowest BCUT2D eigenvalue weighted by Gasteiger charge is -2.25. The average molecular weight is 301 g/mol. The molecule has 1 fully saturated rings. The van der Waals surface area contributed by atoms with E-state index in [-0.39, 0.29) is 0 Å². The standard InChI is InChI=1S/C19H27NS/c1-2-3-4-6-10-17-13-9-14-18(20-15-21)19(17)16-11-7-5-8-12-16/h9,13-14,16H,2-8,10-12H2,1H3. The highest BCUT2D eigenvalue weighted by Crippen LogP contribution is 2.40. The van der Waals surface area contributed by atoms with Crippen molar-refractivity contribution in [3.05, 3.63) is 29.3 Å². The van der Waals surface area contributed by atoms with Gasteiger partial charge in [0.2, 0.25) is 0 Å². The van der Waals surface area contributed by atoms with E-state index in [1.54, 1.807) is 0 Å². The molecule has 0 saturated heterocycles. The Morgan fingerprint density at radius 1 is 1.14 bits per heavy atom. The van der Waals surface area contributed by atoms with Gasteiger partial charge in [-0.25, -0.2) is 0 Å². The minimum Gasteiger partial charge on any atom is -0.194 e. The molecule has 2 heteroatoms. The van der Waals surface area contributed by atoms with Crippen LogP contribution in [0.15, 0.2) is 23.2 Å². The summed E-state index contributed by atoms with van der Waals surface area (Å²) in [5, 5.41) is 2.58. The van der Waals surface area contributed by atoms with Crippen LogP contribution < -0.4 is 0 Å². The molecule has 0 aliphatic heterocycles. The van der Waals surface area contributed by atoms with Crippen LogP contribution in [0.5, 0.6) is 0 Å². The van der Waals surface area contributed by atoms with Crippen molar-refractivity contribution in [1.29, 1.82) is 0 Å². The number of hydrogen-bond acceptors (Lipinski definition) is 2. The van der Waals surface area contributed by atoms with Crippen LogP contribution in [-0.2, 0) is 6.42 Å². The second-order valence-corrected chi connectivity index (χ2v) is 6.38. The summed E-state index contributed by atoms with van der Waals surface area (Å²) in [4.78, 5) is 4.35. The molecule has 1 aromatic rings. The molecule has 0 atom stereocenters. The van der Waals surface area contributed by atoms with Gasteiger partial charge in [0.1, 0.15) is 0 Å². The Hall–Kier alpha value is -0.980. The third-order valence-electron chi connectivity index (χ3n) is 4.65. The fraction of sp³-hybridized carbons (Fsp3) is 0.632. The van der Waals surface area contributed by atoms with Crippen LogP contribution in [0.3, 0.4) is 0 Å². The second kappa shape index (κ2) is 9.12. The lowest BCUT2D eigenvalue weighted by Crippen LogP contribution is -2.08. The van der Waals surface area contributed by atoms with E-state index in [0.29, 0.717) is 5.92 Å². The molecule has 0 amide bonds. The monoisotopic (exact) mass is 301 g/mol. The highest BCUT2D eigenvalue weighted by Gasteiger charge is 2.21. The van der Waals surface area contributed by atoms with Gasteiger partial charge in [0.25, 0.3) is 0 Å². The van der Waals surface area contributed by atoms with Gasteiger partial charge in [0, 0.05) is 0 Å². The Morgan fingerprint density at radius 2 is 1.95 bits per heavy atom. The average Bonchev–Trinajstić information content (AvgIpc) is 2.53. The van der Waals surface area contributed by atoms with E-state index in [1.807, 2.05) is 0 Å². The minimum atomic E-state index is 0.684. The predicted molar refractivity (Wildman–Crippen MR) is 94.8 cm³/mol. The molecule has 0 N–H and O–H groups in total. The quantitative estimate of drug-likeness (QED) is 0.314. The Bertz CT molecular complexity index is 482. The molecule has 0 unspecified atom stereocenters. The zero-order chi connectivity index (χ0) is 14.9. The van der Waals surface area contributed by atoms with E-state index in [0.717, 1.165) is 5.69 Å². The molecule has 1 nitrogen and oxygen atoms in total. The van der Waals surface area contributed by atoms with Crippen molar-refractivity contribution in [2.24, 2.45) is 4.99 Å². The van der Waals surface area contributed by atoms with Crippen molar-refractivity contribution in [3.63, 3.8) is 0 Å². The molecular formula is C19H27NS. The largest absolute Gasteiger partial charge is 0.194 e. The topological polar surface area (TPSA) is 12.4 Å². The Balaban J connectivity index is 2.20. The van der Waals surface area contributed by atoms with E-state index < -0.39 is 0 Å². The van der Waals surface area contributed by atoms with Crippen LogP contribution in [0.1, 0.15) is 81.8 Å². The summed E-state index contributed by atoms with van der Waals surface area (Å²) in [6.45, 7) is 2.27. The van der Waals surface area contributed by atoms with E-state index in [1.165, 1.54) is 75.3 Å². The first kappa shape index (κ1) is 16.4. The van der Waals surface area contributed by atoms with Crippen molar-refractivity contribution in [1.82, 2.24) is 0 Å². The van der Waals surface area contributed by atoms with Crippen molar-refractivity contribution >= 4 is 23.1 Å². The maximum Gasteiger partial charge on any atom is 0.0777 e. The van der Waals surface area contributed by atoms with Gasteiger partial charge in [0.05, 0.1) is 10.8 Å². The van der Waals surface area contributed by atoms with E-state index >= 15 is 0 Å². The molecule has 114 valence electrons. The first-order chi connectivity index (χ1) is 10.4. The van der Waals surface area contributed by atoms with Crippen LogP contribution in [0.25, 0.3) is 0 Å². The molecule has 1 aliphatic carbocycles.